The molecule has 0 unspecified atom stereocenters. The summed E-state index contributed by atoms with van der Waals surface area (Å²) < 4.78 is 21.9. The highest BCUT2D eigenvalue weighted by Gasteiger charge is 2.26. The number of aromatic nitrogens is 3. The number of aryl methyl sites for hydroxylation is 1. The Morgan fingerprint density at radius 1 is 0.950 bits per heavy atom. The fraction of sp³-hybridized carbons (Fsp3) is 0.258. The van der Waals surface area contributed by atoms with Crippen molar-refractivity contribution < 1.29 is 23.5 Å². The molecule has 0 spiro atoms. The van der Waals surface area contributed by atoms with Crippen molar-refractivity contribution in [1.29, 1.82) is 0 Å². The Bertz CT molecular complexity index is 1790. The van der Waals surface area contributed by atoms with Gasteiger partial charge in [0.05, 0.1) is 18.0 Å². The van der Waals surface area contributed by atoms with E-state index in [2.05, 4.69) is 0 Å². The van der Waals surface area contributed by atoms with Crippen LogP contribution in [0, 0.1) is 20.8 Å². The van der Waals surface area contributed by atoms with Gasteiger partial charge in [-0.05, 0) is 52.0 Å². The lowest BCUT2D eigenvalue weighted by molar-refractivity contribution is 0.0438. The molecule has 0 saturated carbocycles. The molecule has 5 aromatic rings. The highest BCUT2D eigenvalue weighted by atomic mass is 16.5. The SMILES string of the molecule is CCOCc1c(C(=O)OCC(=O)c2cc(C)n(-c3c(C)n(C)n(-c4ccccc4)c3=O)c2C)oc2ccccc12. The van der Waals surface area contributed by atoms with Crippen molar-refractivity contribution in [2.24, 2.45) is 7.05 Å². The van der Waals surface area contributed by atoms with E-state index in [1.54, 1.807) is 33.0 Å². The summed E-state index contributed by atoms with van der Waals surface area (Å²) in [6, 6.07) is 18.4. The average molecular weight is 542 g/mol. The minimum Gasteiger partial charge on any atom is -0.451 e. The van der Waals surface area contributed by atoms with Crippen molar-refractivity contribution in [3.8, 4) is 11.4 Å². The number of para-hydroxylation sites is 2. The average Bonchev–Trinajstić information content (AvgIpc) is 3.54. The molecule has 2 aromatic carbocycles. The molecule has 206 valence electrons. The molecule has 3 heterocycles. The molecule has 9 nitrogen and oxygen atoms in total. The van der Waals surface area contributed by atoms with E-state index in [4.69, 9.17) is 13.9 Å². The third kappa shape index (κ3) is 4.58. The second-order valence-electron chi connectivity index (χ2n) is 9.57. The van der Waals surface area contributed by atoms with Crippen LogP contribution in [-0.4, -0.2) is 38.9 Å². The van der Waals surface area contributed by atoms with Crippen LogP contribution >= 0.6 is 0 Å². The zero-order chi connectivity index (χ0) is 28.6. The van der Waals surface area contributed by atoms with E-state index in [9.17, 15) is 14.4 Å². The van der Waals surface area contributed by atoms with Crippen LogP contribution in [0.4, 0.5) is 0 Å². The lowest BCUT2D eigenvalue weighted by Crippen LogP contribution is -2.22. The summed E-state index contributed by atoms with van der Waals surface area (Å²) in [5, 5.41) is 0.761. The predicted octanol–water partition coefficient (Wildman–Crippen LogP) is 5.21. The Balaban J connectivity index is 1.42. The summed E-state index contributed by atoms with van der Waals surface area (Å²) >= 11 is 0. The number of hydrogen-bond acceptors (Lipinski definition) is 6. The molecule has 3 aromatic heterocycles. The zero-order valence-corrected chi connectivity index (χ0v) is 23.2. The second-order valence-corrected chi connectivity index (χ2v) is 9.57. The molecule has 0 aliphatic carbocycles. The summed E-state index contributed by atoms with van der Waals surface area (Å²) in [5.41, 5.74) is 4.54. The van der Waals surface area contributed by atoms with E-state index >= 15 is 0 Å². The smallest absolute Gasteiger partial charge is 0.375 e. The second kappa shape index (κ2) is 10.9. The molecule has 9 heteroatoms. The Morgan fingerprint density at radius 3 is 2.38 bits per heavy atom. The first-order chi connectivity index (χ1) is 19.2. The van der Waals surface area contributed by atoms with Gasteiger partial charge in [-0.15, -0.1) is 0 Å². The highest BCUT2D eigenvalue weighted by molar-refractivity contribution is 6.01. The molecule has 0 amide bonds. The summed E-state index contributed by atoms with van der Waals surface area (Å²) in [6.45, 7) is 7.53. The molecule has 40 heavy (non-hydrogen) atoms. The van der Waals surface area contributed by atoms with Gasteiger partial charge in [0.1, 0.15) is 11.3 Å². The number of Topliss-reactive ketones (excluding diaryl/α,β-unsaturated/α-hetero) is 1. The Hall–Kier alpha value is -4.63. The molecule has 0 radical (unpaired) electrons. The Morgan fingerprint density at radius 2 is 1.65 bits per heavy atom. The van der Waals surface area contributed by atoms with Gasteiger partial charge >= 0.3 is 5.97 Å². The van der Waals surface area contributed by atoms with Crippen LogP contribution in [0.15, 0.2) is 69.9 Å². The van der Waals surface area contributed by atoms with Gasteiger partial charge in [-0.1, -0.05) is 36.4 Å². The number of furan rings is 1. The van der Waals surface area contributed by atoms with Gasteiger partial charge in [0.2, 0.25) is 11.5 Å². The van der Waals surface area contributed by atoms with E-state index in [1.807, 2.05) is 76.3 Å². The van der Waals surface area contributed by atoms with E-state index in [0.29, 0.717) is 34.7 Å². The molecule has 5 rings (SSSR count). The van der Waals surface area contributed by atoms with Crippen molar-refractivity contribution in [1.82, 2.24) is 13.9 Å². The zero-order valence-electron chi connectivity index (χ0n) is 23.2. The number of fused-ring (bicyclic) bond motifs is 1. The standard InChI is InChI=1S/C31H31N3O6/c1-6-38-17-25-23-14-10-11-15-27(23)40-29(25)31(37)39-18-26(35)24-16-19(2)33(20(24)3)28-21(4)32(5)34(30(28)36)22-12-8-7-9-13-22/h7-16H,6,17-18H2,1-5H3. The molecule has 0 N–H and O–H groups in total. The number of ketones is 1. The Kier molecular flexibility index (Phi) is 7.32. The molecule has 0 atom stereocenters. The van der Waals surface area contributed by atoms with Gasteiger partial charge < -0.3 is 18.5 Å². The van der Waals surface area contributed by atoms with E-state index in [-0.39, 0.29) is 23.7 Å². The van der Waals surface area contributed by atoms with Crippen LogP contribution in [0.25, 0.3) is 22.3 Å². The largest absolute Gasteiger partial charge is 0.451 e. The van der Waals surface area contributed by atoms with Gasteiger partial charge in [0.25, 0.3) is 5.56 Å². The topological polar surface area (TPSA) is 97.6 Å². The first-order valence-electron chi connectivity index (χ1n) is 13.1. The Labute approximate surface area is 231 Å². The number of nitrogens with zero attached hydrogens (tertiary/aromatic N) is 3. The maximum Gasteiger partial charge on any atom is 0.375 e. The summed E-state index contributed by atoms with van der Waals surface area (Å²) in [4.78, 5) is 39.9. The van der Waals surface area contributed by atoms with Crippen molar-refractivity contribution in [3.05, 3.63) is 105 Å². The normalized spacial score (nSPS) is 11.3. The number of ether oxygens (including phenoxy) is 2. The molecule has 0 fully saturated rings. The van der Waals surface area contributed by atoms with Crippen molar-refractivity contribution in [2.45, 2.75) is 34.3 Å². The van der Waals surface area contributed by atoms with E-state index in [1.165, 1.54) is 0 Å². The predicted molar refractivity (Wildman–Crippen MR) is 151 cm³/mol. The molecule has 0 aliphatic heterocycles. The molecular formula is C31H31N3O6. The number of esters is 1. The minimum atomic E-state index is -0.738. The number of benzene rings is 2. The van der Waals surface area contributed by atoms with Gasteiger partial charge in [0, 0.05) is 41.6 Å². The van der Waals surface area contributed by atoms with Crippen LogP contribution in [0.3, 0.4) is 0 Å². The van der Waals surface area contributed by atoms with Crippen LogP contribution in [0.1, 0.15) is 50.5 Å². The fourth-order valence-electron chi connectivity index (χ4n) is 5.09. The number of rotatable bonds is 9. The van der Waals surface area contributed by atoms with Crippen LogP contribution < -0.4 is 5.56 Å². The third-order valence-electron chi connectivity index (χ3n) is 7.15. The number of hydrogen-bond donors (Lipinski definition) is 0. The van der Waals surface area contributed by atoms with Crippen LogP contribution in [-0.2, 0) is 23.1 Å². The minimum absolute atomic E-state index is 0.0225. The number of carbonyl (C=O) groups excluding carboxylic acids is 2. The van der Waals surface area contributed by atoms with Gasteiger partial charge in [0.15, 0.2) is 6.61 Å². The van der Waals surface area contributed by atoms with Crippen molar-refractivity contribution >= 4 is 22.7 Å². The first kappa shape index (κ1) is 27.0. The van der Waals surface area contributed by atoms with Gasteiger partial charge in [-0.25, -0.2) is 9.48 Å². The maximum absolute atomic E-state index is 13.6. The molecule has 0 aliphatic rings. The highest BCUT2D eigenvalue weighted by Crippen LogP contribution is 2.28. The van der Waals surface area contributed by atoms with Crippen LogP contribution in [0.5, 0.6) is 0 Å². The van der Waals surface area contributed by atoms with Gasteiger partial charge in [-0.3, -0.25) is 14.3 Å². The van der Waals surface area contributed by atoms with Crippen molar-refractivity contribution in [2.75, 3.05) is 13.2 Å². The lowest BCUT2D eigenvalue weighted by atomic mass is 10.1. The van der Waals surface area contributed by atoms with Crippen molar-refractivity contribution in [3.63, 3.8) is 0 Å². The molecule has 0 bridgehead atoms. The van der Waals surface area contributed by atoms with E-state index in [0.717, 1.165) is 22.5 Å². The van der Waals surface area contributed by atoms with Crippen LogP contribution in [0.2, 0.25) is 0 Å². The maximum atomic E-state index is 13.6. The summed E-state index contributed by atoms with van der Waals surface area (Å²) in [7, 11) is 1.82. The first-order valence-corrected chi connectivity index (χ1v) is 13.1. The monoisotopic (exact) mass is 541 g/mol. The molecular weight excluding hydrogens is 510 g/mol. The summed E-state index contributed by atoms with van der Waals surface area (Å²) in [5.74, 6) is -1.10. The van der Waals surface area contributed by atoms with Gasteiger partial charge in [-0.2, -0.15) is 0 Å². The van der Waals surface area contributed by atoms with E-state index < -0.39 is 12.6 Å². The third-order valence-corrected chi connectivity index (χ3v) is 7.15. The number of carbonyl (C=O) groups is 2. The summed E-state index contributed by atoms with van der Waals surface area (Å²) in [6.07, 6.45) is 0. The quantitative estimate of drug-likeness (QED) is 0.188. The molecule has 0 saturated heterocycles. The lowest BCUT2D eigenvalue weighted by Gasteiger charge is -2.09. The fourth-order valence-corrected chi connectivity index (χ4v) is 5.09.